The molecular formula is C17H18N4O2S. The van der Waals surface area contributed by atoms with E-state index in [-0.39, 0.29) is 17.9 Å². The summed E-state index contributed by atoms with van der Waals surface area (Å²) in [5, 5.41) is 10.4. The van der Waals surface area contributed by atoms with Crippen LogP contribution in [-0.4, -0.2) is 33.3 Å². The molecule has 1 fully saturated rings. The lowest BCUT2D eigenvalue weighted by Gasteiger charge is -2.20. The molecular weight excluding hydrogens is 324 g/mol. The van der Waals surface area contributed by atoms with Gasteiger partial charge in [-0.15, -0.1) is 11.3 Å². The Bertz CT molecular complexity index is 888. The molecule has 0 bridgehead atoms. The van der Waals surface area contributed by atoms with Gasteiger partial charge in [0.15, 0.2) is 0 Å². The second-order valence-corrected chi connectivity index (χ2v) is 6.89. The highest BCUT2D eigenvalue weighted by atomic mass is 32.1. The lowest BCUT2D eigenvalue weighted by Crippen LogP contribution is -2.25. The summed E-state index contributed by atoms with van der Waals surface area (Å²) < 4.78 is 8.03. The van der Waals surface area contributed by atoms with Gasteiger partial charge in [-0.1, -0.05) is 0 Å². The van der Waals surface area contributed by atoms with Crippen LogP contribution in [0, 0.1) is 5.92 Å². The van der Waals surface area contributed by atoms with E-state index in [1.54, 1.807) is 16.0 Å². The van der Waals surface area contributed by atoms with E-state index < -0.39 is 0 Å². The maximum Gasteiger partial charge on any atom is 0.220 e. The summed E-state index contributed by atoms with van der Waals surface area (Å²) in [6.45, 7) is 2.69. The number of benzene rings is 1. The van der Waals surface area contributed by atoms with Crippen LogP contribution < -0.4 is 10.1 Å². The van der Waals surface area contributed by atoms with Crippen LogP contribution in [0.25, 0.3) is 22.2 Å². The first-order valence-electron chi connectivity index (χ1n) is 7.89. The third kappa shape index (κ3) is 2.75. The molecule has 1 saturated heterocycles. The van der Waals surface area contributed by atoms with Gasteiger partial charge in [-0.05, 0) is 19.1 Å². The van der Waals surface area contributed by atoms with Crippen LogP contribution >= 0.6 is 11.3 Å². The van der Waals surface area contributed by atoms with Crippen LogP contribution in [0.15, 0.2) is 29.2 Å². The summed E-state index contributed by atoms with van der Waals surface area (Å²) in [4.78, 5) is 15.8. The number of aromatic nitrogens is 3. The third-order valence-electron chi connectivity index (χ3n) is 4.42. The van der Waals surface area contributed by atoms with Gasteiger partial charge < -0.3 is 10.1 Å². The van der Waals surface area contributed by atoms with Gasteiger partial charge in [0.25, 0.3) is 0 Å². The summed E-state index contributed by atoms with van der Waals surface area (Å²) in [5.74, 6) is 1.07. The van der Waals surface area contributed by atoms with Crippen molar-refractivity contribution in [3.63, 3.8) is 0 Å². The van der Waals surface area contributed by atoms with Gasteiger partial charge in [-0.25, -0.2) is 4.98 Å². The van der Waals surface area contributed by atoms with Gasteiger partial charge in [0.1, 0.15) is 11.9 Å². The van der Waals surface area contributed by atoms with Crippen LogP contribution in [0.4, 0.5) is 0 Å². The summed E-state index contributed by atoms with van der Waals surface area (Å²) >= 11 is 1.56. The molecule has 0 spiro atoms. The first-order valence-corrected chi connectivity index (χ1v) is 8.84. The number of nitrogens with one attached hydrogen (secondary N) is 1. The first-order chi connectivity index (χ1) is 11.6. The van der Waals surface area contributed by atoms with Gasteiger partial charge in [0.2, 0.25) is 5.91 Å². The molecule has 1 aliphatic heterocycles. The number of nitrogens with zero attached hydrogens (tertiary/aromatic N) is 3. The number of thiazole rings is 1. The molecule has 6 nitrogen and oxygen atoms in total. The maximum absolute atomic E-state index is 11.4. The maximum atomic E-state index is 11.4. The molecule has 2 unspecified atom stereocenters. The average Bonchev–Trinajstić information content (AvgIpc) is 3.26. The molecule has 124 valence electrons. The van der Waals surface area contributed by atoms with Crippen LogP contribution in [-0.2, 0) is 11.8 Å². The molecule has 2 atom stereocenters. The Balaban J connectivity index is 1.71. The van der Waals surface area contributed by atoms with Crippen molar-refractivity contribution in [1.29, 1.82) is 0 Å². The number of carbonyl (C=O) groups excluding carboxylic acids is 1. The molecule has 0 radical (unpaired) electrons. The van der Waals surface area contributed by atoms with Crippen LogP contribution in [0.2, 0.25) is 0 Å². The largest absolute Gasteiger partial charge is 0.490 e. The molecule has 1 aromatic carbocycles. The van der Waals surface area contributed by atoms with Crippen LogP contribution in [0.3, 0.4) is 0 Å². The number of carbonyl (C=O) groups is 1. The average molecular weight is 342 g/mol. The zero-order valence-corrected chi connectivity index (χ0v) is 14.3. The number of amides is 1. The highest BCUT2D eigenvalue weighted by Crippen LogP contribution is 2.33. The minimum atomic E-state index is -0.0574. The van der Waals surface area contributed by atoms with E-state index >= 15 is 0 Å². The Kier molecular flexibility index (Phi) is 3.72. The van der Waals surface area contributed by atoms with Crippen molar-refractivity contribution in [3.05, 3.63) is 29.2 Å². The van der Waals surface area contributed by atoms with Crippen molar-refractivity contribution < 1.29 is 9.53 Å². The smallest absolute Gasteiger partial charge is 0.220 e. The summed E-state index contributed by atoms with van der Waals surface area (Å²) in [6.07, 6.45) is 2.42. The number of hydrogen-bond acceptors (Lipinski definition) is 5. The van der Waals surface area contributed by atoms with Crippen molar-refractivity contribution in [2.45, 2.75) is 19.4 Å². The van der Waals surface area contributed by atoms with E-state index in [0.717, 1.165) is 27.9 Å². The highest BCUT2D eigenvalue weighted by Gasteiger charge is 2.28. The van der Waals surface area contributed by atoms with E-state index in [4.69, 9.17) is 4.74 Å². The molecule has 4 rings (SSSR count). The lowest BCUT2D eigenvalue weighted by molar-refractivity contribution is -0.119. The zero-order chi connectivity index (χ0) is 16.7. The molecule has 7 heteroatoms. The van der Waals surface area contributed by atoms with E-state index in [0.29, 0.717) is 13.0 Å². The normalized spacial score (nSPS) is 18.8. The predicted octanol–water partition coefficient (Wildman–Crippen LogP) is 2.60. The van der Waals surface area contributed by atoms with Crippen molar-refractivity contribution >= 4 is 28.1 Å². The fourth-order valence-corrected chi connectivity index (χ4v) is 3.63. The summed E-state index contributed by atoms with van der Waals surface area (Å²) in [6, 6.07) is 4.04. The Labute approximate surface area is 143 Å². The first kappa shape index (κ1) is 15.1. The van der Waals surface area contributed by atoms with Crippen LogP contribution in [0.5, 0.6) is 5.75 Å². The number of fused-ring (bicyclic) bond motifs is 1. The topological polar surface area (TPSA) is 69.0 Å². The van der Waals surface area contributed by atoms with Crippen molar-refractivity contribution in [3.8, 4) is 17.0 Å². The molecule has 1 amide bonds. The number of rotatable bonds is 4. The van der Waals surface area contributed by atoms with Gasteiger partial charge >= 0.3 is 0 Å². The van der Waals surface area contributed by atoms with Crippen molar-refractivity contribution in [2.24, 2.45) is 13.0 Å². The van der Waals surface area contributed by atoms with E-state index in [9.17, 15) is 4.79 Å². The van der Waals surface area contributed by atoms with E-state index in [1.165, 1.54) is 0 Å². The van der Waals surface area contributed by atoms with Gasteiger partial charge in [-0.2, -0.15) is 5.10 Å². The van der Waals surface area contributed by atoms with Crippen LogP contribution in [0.1, 0.15) is 13.3 Å². The summed E-state index contributed by atoms with van der Waals surface area (Å²) in [7, 11) is 1.90. The molecule has 0 aliphatic carbocycles. The second kappa shape index (κ2) is 5.90. The molecule has 3 aromatic rings. The van der Waals surface area contributed by atoms with Gasteiger partial charge in [0.05, 0.1) is 22.1 Å². The monoisotopic (exact) mass is 342 g/mol. The Hall–Kier alpha value is -2.41. The third-order valence-corrected chi connectivity index (χ3v) is 5.00. The molecule has 0 saturated carbocycles. The molecule has 3 heterocycles. The Morgan fingerprint density at radius 3 is 3.04 bits per heavy atom. The number of ether oxygens (including phenoxy) is 1. The van der Waals surface area contributed by atoms with E-state index in [2.05, 4.69) is 15.4 Å². The van der Waals surface area contributed by atoms with Gasteiger partial charge in [0, 0.05) is 43.1 Å². The lowest BCUT2D eigenvalue weighted by atomic mass is 10.0. The Morgan fingerprint density at radius 1 is 1.46 bits per heavy atom. The van der Waals surface area contributed by atoms with Crippen molar-refractivity contribution in [2.75, 3.05) is 6.54 Å². The molecule has 1 N–H and O–H groups in total. The van der Waals surface area contributed by atoms with Gasteiger partial charge in [-0.3, -0.25) is 9.48 Å². The minimum Gasteiger partial charge on any atom is -0.490 e. The molecule has 2 aromatic heterocycles. The Morgan fingerprint density at radius 2 is 2.33 bits per heavy atom. The van der Waals surface area contributed by atoms with Crippen molar-refractivity contribution in [1.82, 2.24) is 20.1 Å². The predicted molar refractivity (Wildman–Crippen MR) is 93.0 cm³/mol. The molecule has 24 heavy (non-hydrogen) atoms. The fourth-order valence-electron chi connectivity index (χ4n) is 3.07. The minimum absolute atomic E-state index is 0.0574. The second-order valence-electron chi connectivity index (χ2n) is 6.17. The number of hydrogen-bond donors (Lipinski definition) is 1. The standard InChI is InChI=1S/C17H18N4O2S/c1-10(12-5-17(22)18-6-12)23-16-4-11(15-8-24-9-19-15)3-14-13(16)7-21(2)20-14/h3-4,7-10,12H,5-6H2,1-2H3,(H,18,22). The summed E-state index contributed by atoms with van der Waals surface area (Å²) in [5.41, 5.74) is 4.61. The zero-order valence-electron chi connectivity index (χ0n) is 13.5. The SMILES string of the molecule is CC(Oc1cc(-c2cscn2)cc2nn(C)cc12)C1CNC(=O)C1. The van der Waals surface area contributed by atoms with E-state index in [1.807, 2.05) is 43.2 Å². The number of aryl methyl sites for hydroxylation is 1. The highest BCUT2D eigenvalue weighted by molar-refractivity contribution is 7.07. The molecule has 1 aliphatic rings. The fraction of sp³-hybridized carbons (Fsp3) is 0.353. The quantitative estimate of drug-likeness (QED) is 0.791.